The summed E-state index contributed by atoms with van der Waals surface area (Å²) in [5, 5.41) is 16.0. The molecule has 1 aliphatic rings. The van der Waals surface area contributed by atoms with Crippen LogP contribution in [0.1, 0.15) is 43.0 Å². The number of amides is 2. The molecule has 0 saturated carbocycles. The fourth-order valence-corrected chi connectivity index (χ4v) is 3.09. The van der Waals surface area contributed by atoms with Crippen LogP contribution < -0.4 is 10.6 Å². The third kappa shape index (κ3) is 6.11. The second kappa shape index (κ2) is 9.86. The predicted octanol–water partition coefficient (Wildman–Crippen LogP) is 1.71. The molecule has 2 N–H and O–H groups in total. The molecular formula is C18H26N4O4. The number of nitrogens with zero attached hydrogens (tertiary/aromatic N) is 2. The van der Waals surface area contributed by atoms with Gasteiger partial charge in [0.05, 0.1) is 11.5 Å². The van der Waals surface area contributed by atoms with Crippen molar-refractivity contribution in [2.75, 3.05) is 26.2 Å². The Bertz CT molecular complexity index is 650. The zero-order valence-corrected chi connectivity index (χ0v) is 15.1. The lowest BCUT2D eigenvalue weighted by molar-refractivity contribution is -0.384. The van der Waals surface area contributed by atoms with E-state index < -0.39 is 10.8 Å². The van der Waals surface area contributed by atoms with Crippen molar-refractivity contribution >= 4 is 17.5 Å². The van der Waals surface area contributed by atoms with Crippen LogP contribution in [0.2, 0.25) is 0 Å². The van der Waals surface area contributed by atoms with Gasteiger partial charge in [-0.05, 0) is 38.8 Å². The third-order valence-electron chi connectivity index (χ3n) is 4.61. The molecule has 142 valence electrons. The first-order valence-corrected chi connectivity index (χ1v) is 9.01. The average molecular weight is 362 g/mol. The van der Waals surface area contributed by atoms with Crippen LogP contribution in [0.25, 0.3) is 0 Å². The summed E-state index contributed by atoms with van der Waals surface area (Å²) in [4.78, 5) is 36.4. The largest absolute Gasteiger partial charge is 0.355 e. The zero-order chi connectivity index (χ0) is 18.9. The van der Waals surface area contributed by atoms with Gasteiger partial charge in [-0.15, -0.1) is 0 Å². The van der Waals surface area contributed by atoms with Crippen molar-refractivity contribution < 1.29 is 14.5 Å². The number of nitrogens with one attached hydrogen (secondary N) is 2. The fraction of sp³-hybridized carbons (Fsp3) is 0.556. The summed E-state index contributed by atoms with van der Waals surface area (Å²) in [6.07, 6.45) is 4.63. The van der Waals surface area contributed by atoms with E-state index in [-0.39, 0.29) is 23.7 Å². The standard InChI is InChI=1S/C18H26N4O4/c1-14-6-2-3-10-21(14)11-5-9-19-17(23)13-20-18(24)15-7-4-8-16(12-15)22(25)26/h4,7-8,12,14H,2-3,5-6,9-11,13H2,1H3,(H,19,23)(H,20,24). The molecule has 1 unspecified atom stereocenters. The Labute approximate surface area is 153 Å². The Balaban J connectivity index is 1.66. The summed E-state index contributed by atoms with van der Waals surface area (Å²) in [6.45, 7) is 4.73. The number of likely N-dealkylation sites (tertiary alicyclic amines) is 1. The van der Waals surface area contributed by atoms with Crippen LogP contribution in [-0.2, 0) is 4.79 Å². The molecule has 0 radical (unpaired) electrons. The van der Waals surface area contributed by atoms with Gasteiger partial charge in [-0.25, -0.2) is 0 Å². The normalized spacial score (nSPS) is 17.5. The number of piperidine rings is 1. The first kappa shape index (κ1) is 19.8. The first-order valence-electron chi connectivity index (χ1n) is 9.01. The Morgan fingerprint density at radius 3 is 2.85 bits per heavy atom. The van der Waals surface area contributed by atoms with E-state index in [0.717, 1.165) is 19.5 Å². The lowest BCUT2D eigenvalue weighted by Gasteiger charge is -2.33. The average Bonchev–Trinajstić information content (AvgIpc) is 2.64. The van der Waals surface area contributed by atoms with Gasteiger partial charge in [-0.2, -0.15) is 0 Å². The molecule has 8 heteroatoms. The number of hydrogen-bond donors (Lipinski definition) is 2. The topological polar surface area (TPSA) is 105 Å². The van der Waals surface area contributed by atoms with E-state index in [9.17, 15) is 19.7 Å². The molecule has 1 atom stereocenters. The second-order valence-corrected chi connectivity index (χ2v) is 6.57. The van der Waals surface area contributed by atoms with Crippen molar-refractivity contribution in [3.8, 4) is 0 Å². The predicted molar refractivity (Wildman–Crippen MR) is 97.9 cm³/mol. The number of nitro groups is 1. The Hall–Kier alpha value is -2.48. The van der Waals surface area contributed by atoms with E-state index in [1.165, 1.54) is 43.5 Å². The number of carbonyl (C=O) groups is 2. The van der Waals surface area contributed by atoms with Gasteiger partial charge in [0.25, 0.3) is 11.6 Å². The second-order valence-electron chi connectivity index (χ2n) is 6.57. The van der Waals surface area contributed by atoms with E-state index in [1.807, 2.05) is 0 Å². The van der Waals surface area contributed by atoms with E-state index in [2.05, 4.69) is 22.5 Å². The summed E-state index contributed by atoms with van der Waals surface area (Å²) in [5.41, 5.74) is 0.000119. The molecule has 26 heavy (non-hydrogen) atoms. The molecule has 0 aliphatic carbocycles. The number of rotatable bonds is 8. The quantitative estimate of drug-likeness (QED) is 0.416. The van der Waals surface area contributed by atoms with E-state index in [4.69, 9.17) is 0 Å². The molecule has 0 aromatic heterocycles. The molecule has 1 fully saturated rings. The summed E-state index contributed by atoms with van der Waals surface area (Å²) < 4.78 is 0. The van der Waals surface area contributed by atoms with Crippen LogP contribution in [0.4, 0.5) is 5.69 Å². The van der Waals surface area contributed by atoms with Crippen LogP contribution in [0.5, 0.6) is 0 Å². The molecule has 1 heterocycles. The molecule has 2 rings (SSSR count). The van der Waals surface area contributed by atoms with Gasteiger partial charge in [0.15, 0.2) is 0 Å². The maximum Gasteiger partial charge on any atom is 0.270 e. The minimum absolute atomic E-state index is 0.151. The molecule has 1 saturated heterocycles. The van der Waals surface area contributed by atoms with Crippen LogP contribution in [0.15, 0.2) is 24.3 Å². The lowest BCUT2D eigenvalue weighted by Crippen LogP contribution is -2.40. The van der Waals surface area contributed by atoms with Gasteiger partial charge >= 0.3 is 0 Å². The minimum atomic E-state index is -0.563. The van der Waals surface area contributed by atoms with Gasteiger partial charge in [0, 0.05) is 36.8 Å². The van der Waals surface area contributed by atoms with Crippen molar-refractivity contribution in [2.45, 2.75) is 38.6 Å². The van der Waals surface area contributed by atoms with Gasteiger partial charge in [-0.3, -0.25) is 19.7 Å². The molecule has 0 spiro atoms. The summed E-state index contributed by atoms with van der Waals surface area (Å²) in [7, 11) is 0. The molecule has 1 aromatic rings. The number of hydrogen-bond acceptors (Lipinski definition) is 5. The van der Waals surface area contributed by atoms with Crippen LogP contribution in [0, 0.1) is 10.1 Å². The van der Waals surface area contributed by atoms with Crippen molar-refractivity contribution in [1.82, 2.24) is 15.5 Å². The van der Waals surface area contributed by atoms with Crippen molar-refractivity contribution in [3.63, 3.8) is 0 Å². The molecule has 1 aromatic carbocycles. The van der Waals surface area contributed by atoms with Gasteiger partial charge in [-0.1, -0.05) is 12.5 Å². The van der Waals surface area contributed by atoms with Crippen molar-refractivity contribution in [3.05, 3.63) is 39.9 Å². The molecule has 8 nitrogen and oxygen atoms in total. The molecule has 2 amide bonds. The smallest absolute Gasteiger partial charge is 0.270 e. The monoisotopic (exact) mass is 362 g/mol. The maximum atomic E-state index is 12.0. The number of benzene rings is 1. The summed E-state index contributed by atoms with van der Waals surface area (Å²) >= 11 is 0. The summed E-state index contributed by atoms with van der Waals surface area (Å²) in [5.74, 6) is -0.776. The number of nitro benzene ring substituents is 1. The van der Waals surface area contributed by atoms with E-state index in [0.29, 0.717) is 12.6 Å². The fourth-order valence-electron chi connectivity index (χ4n) is 3.09. The Morgan fingerprint density at radius 2 is 2.12 bits per heavy atom. The van der Waals surface area contributed by atoms with Crippen molar-refractivity contribution in [1.29, 1.82) is 0 Å². The highest BCUT2D eigenvalue weighted by Crippen LogP contribution is 2.16. The first-order chi connectivity index (χ1) is 12.5. The minimum Gasteiger partial charge on any atom is -0.355 e. The molecular weight excluding hydrogens is 336 g/mol. The maximum absolute atomic E-state index is 12.0. The third-order valence-corrected chi connectivity index (χ3v) is 4.61. The van der Waals surface area contributed by atoms with Crippen LogP contribution >= 0.6 is 0 Å². The highest BCUT2D eigenvalue weighted by Gasteiger charge is 2.17. The van der Waals surface area contributed by atoms with Gasteiger partial charge < -0.3 is 15.5 Å². The SMILES string of the molecule is CC1CCCCN1CCCNC(=O)CNC(=O)c1cccc([N+](=O)[O-])c1. The number of non-ortho nitro benzene ring substituents is 1. The van der Waals surface area contributed by atoms with Gasteiger partial charge in [0.2, 0.25) is 5.91 Å². The van der Waals surface area contributed by atoms with Gasteiger partial charge in [0.1, 0.15) is 0 Å². The number of carbonyl (C=O) groups excluding carboxylic acids is 2. The van der Waals surface area contributed by atoms with Crippen LogP contribution in [0.3, 0.4) is 0 Å². The lowest BCUT2D eigenvalue weighted by atomic mass is 10.0. The summed E-state index contributed by atoms with van der Waals surface area (Å²) in [6, 6.07) is 6.02. The molecule has 1 aliphatic heterocycles. The van der Waals surface area contributed by atoms with Crippen LogP contribution in [-0.4, -0.2) is 53.9 Å². The van der Waals surface area contributed by atoms with E-state index in [1.54, 1.807) is 0 Å². The zero-order valence-electron chi connectivity index (χ0n) is 15.1. The Morgan fingerprint density at radius 1 is 1.31 bits per heavy atom. The van der Waals surface area contributed by atoms with E-state index >= 15 is 0 Å². The molecule has 0 bridgehead atoms. The highest BCUT2D eigenvalue weighted by atomic mass is 16.6. The Kier molecular flexibility index (Phi) is 7.53. The van der Waals surface area contributed by atoms with Crippen molar-refractivity contribution in [2.24, 2.45) is 0 Å². The highest BCUT2D eigenvalue weighted by molar-refractivity contribution is 5.96.